The lowest BCUT2D eigenvalue weighted by Crippen LogP contribution is -2.05. The van der Waals surface area contributed by atoms with Crippen LogP contribution in [-0.4, -0.2) is 24.6 Å². The van der Waals surface area contributed by atoms with Gasteiger partial charge in [-0.25, -0.2) is 0 Å². The van der Waals surface area contributed by atoms with Crippen LogP contribution in [0, 0.1) is 0 Å². The predicted molar refractivity (Wildman–Crippen MR) is 63.1 cm³/mol. The standard InChI is InChI=1S/C13H18O3/c1-9(2)10-4-5-11(12(15)6-7-14)13(8-10)16-3/h4-5,8-9,14H,6-7H2,1-3H3. The fourth-order valence-corrected chi connectivity index (χ4v) is 1.53. The van der Waals surface area contributed by atoms with Crippen LogP contribution in [0.2, 0.25) is 0 Å². The maximum absolute atomic E-state index is 11.7. The molecule has 0 amide bonds. The van der Waals surface area contributed by atoms with E-state index in [0.29, 0.717) is 17.2 Å². The van der Waals surface area contributed by atoms with E-state index in [1.807, 2.05) is 12.1 Å². The molecule has 0 aliphatic rings. The number of aliphatic hydroxyl groups excluding tert-OH is 1. The molecule has 0 bridgehead atoms. The number of hydrogen-bond donors (Lipinski definition) is 1. The van der Waals surface area contributed by atoms with Crippen LogP contribution in [0.5, 0.6) is 5.75 Å². The van der Waals surface area contributed by atoms with Gasteiger partial charge in [-0.3, -0.25) is 4.79 Å². The average Bonchev–Trinajstić information content (AvgIpc) is 2.28. The van der Waals surface area contributed by atoms with E-state index in [1.165, 1.54) is 0 Å². The van der Waals surface area contributed by atoms with Gasteiger partial charge in [0.15, 0.2) is 5.78 Å². The molecule has 0 spiro atoms. The van der Waals surface area contributed by atoms with E-state index < -0.39 is 0 Å². The highest BCUT2D eigenvalue weighted by atomic mass is 16.5. The summed E-state index contributed by atoms with van der Waals surface area (Å²) < 4.78 is 5.20. The minimum Gasteiger partial charge on any atom is -0.496 e. The molecule has 0 heterocycles. The van der Waals surface area contributed by atoms with Crippen molar-refractivity contribution in [3.8, 4) is 5.75 Å². The molecule has 88 valence electrons. The molecule has 0 saturated heterocycles. The summed E-state index contributed by atoms with van der Waals surface area (Å²) in [5.41, 5.74) is 1.68. The van der Waals surface area contributed by atoms with Crippen molar-refractivity contribution in [3.63, 3.8) is 0 Å². The van der Waals surface area contributed by atoms with Crippen molar-refractivity contribution < 1.29 is 14.6 Å². The zero-order chi connectivity index (χ0) is 12.1. The summed E-state index contributed by atoms with van der Waals surface area (Å²) in [4.78, 5) is 11.7. The zero-order valence-electron chi connectivity index (χ0n) is 9.99. The number of carbonyl (C=O) groups excluding carboxylic acids is 1. The summed E-state index contributed by atoms with van der Waals surface area (Å²) in [6.07, 6.45) is 0.136. The Kier molecular flexibility index (Phi) is 4.50. The second-order valence-electron chi connectivity index (χ2n) is 4.01. The van der Waals surface area contributed by atoms with Crippen LogP contribution in [0.1, 0.15) is 42.1 Å². The minimum absolute atomic E-state index is 0.0883. The van der Waals surface area contributed by atoms with E-state index in [0.717, 1.165) is 5.56 Å². The number of methoxy groups -OCH3 is 1. The van der Waals surface area contributed by atoms with Crippen molar-refractivity contribution in [1.29, 1.82) is 0 Å². The molecular formula is C13H18O3. The Morgan fingerprint density at radius 2 is 2.12 bits per heavy atom. The first-order chi connectivity index (χ1) is 7.60. The van der Waals surface area contributed by atoms with Crippen molar-refractivity contribution in [2.45, 2.75) is 26.2 Å². The number of benzene rings is 1. The second-order valence-corrected chi connectivity index (χ2v) is 4.01. The average molecular weight is 222 g/mol. The van der Waals surface area contributed by atoms with Crippen LogP contribution in [0.4, 0.5) is 0 Å². The molecule has 0 atom stereocenters. The van der Waals surface area contributed by atoms with Crippen LogP contribution >= 0.6 is 0 Å². The zero-order valence-corrected chi connectivity index (χ0v) is 9.99. The number of aliphatic hydroxyl groups is 1. The van der Waals surface area contributed by atoms with Gasteiger partial charge in [0.1, 0.15) is 5.75 Å². The third-order valence-electron chi connectivity index (χ3n) is 2.53. The third-order valence-corrected chi connectivity index (χ3v) is 2.53. The molecular weight excluding hydrogens is 204 g/mol. The van der Waals surface area contributed by atoms with Crippen molar-refractivity contribution in [3.05, 3.63) is 29.3 Å². The van der Waals surface area contributed by atoms with Crippen LogP contribution in [0.3, 0.4) is 0 Å². The summed E-state index contributed by atoms with van der Waals surface area (Å²) in [6.45, 7) is 4.04. The van der Waals surface area contributed by atoms with Crippen LogP contribution in [0.15, 0.2) is 18.2 Å². The van der Waals surface area contributed by atoms with Crippen LogP contribution in [0.25, 0.3) is 0 Å². The molecule has 0 aromatic heterocycles. The molecule has 0 unspecified atom stereocenters. The first-order valence-electron chi connectivity index (χ1n) is 5.42. The molecule has 0 radical (unpaired) electrons. The fourth-order valence-electron chi connectivity index (χ4n) is 1.53. The molecule has 3 heteroatoms. The third kappa shape index (κ3) is 2.83. The SMILES string of the molecule is COc1cc(C(C)C)ccc1C(=O)CCO. The van der Waals surface area contributed by atoms with E-state index >= 15 is 0 Å². The summed E-state index contributed by atoms with van der Waals surface area (Å²) >= 11 is 0. The van der Waals surface area contributed by atoms with Gasteiger partial charge in [-0.15, -0.1) is 0 Å². The Labute approximate surface area is 96.1 Å². The molecule has 1 aromatic carbocycles. The molecule has 0 saturated carbocycles. The van der Waals surface area contributed by atoms with Gasteiger partial charge in [-0.05, 0) is 23.6 Å². The number of ketones is 1. The molecule has 1 N–H and O–H groups in total. The Morgan fingerprint density at radius 1 is 1.44 bits per heavy atom. The first-order valence-corrected chi connectivity index (χ1v) is 5.42. The second kappa shape index (κ2) is 5.66. The fraction of sp³-hybridized carbons (Fsp3) is 0.462. The maximum Gasteiger partial charge on any atom is 0.168 e. The van der Waals surface area contributed by atoms with Crippen LogP contribution < -0.4 is 4.74 Å². The van der Waals surface area contributed by atoms with Gasteiger partial charge in [0.05, 0.1) is 19.3 Å². The highest BCUT2D eigenvalue weighted by Crippen LogP contribution is 2.25. The lowest BCUT2D eigenvalue weighted by Gasteiger charge is -2.11. The summed E-state index contributed by atoms with van der Waals surface area (Å²) in [7, 11) is 1.55. The first kappa shape index (κ1) is 12.7. The maximum atomic E-state index is 11.7. The number of hydrogen-bond acceptors (Lipinski definition) is 3. The Hall–Kier alpha value is -1.35. The molecule has 16 heavy (non-hydrogen) atoms. The normalized spacial score (nSPS) is 10.6. The van der Waals surface area contributed by atoms with E-state index in [2.05, 4.69) is 13.8 Å². The van der Waals surface area contributed by atoms with E-state index in [1.54, 1.807) is 13.2 Å². The van der Waals surface area contributed by atoms with Gasteiger partial charge >= 0.3 is 0 Å². The lowest BCUT2D eigenvalue weighted by molar-refractivity contribution is 0.0953. The lowest BCUT2D eigenvalue weighted by atomic mass is 9.98. The van der Waals surface area contributed by atoms with Gasteiger partial charge in [-0.2, -0.15) is 0 Å². The van der Waals surface area contributed by atoms with Gasteiger partial charge in [0, 0.05) is 6.42 Å². The van der Waals surface area contributed by atoms with Crippen molar-refractivity contribution in [1.82, 2.24) is 0 Å². The number of carbonyl (C=O) groups is 1. The highest BCUT2D eigenvalue weighted by Gasteiger charge is 2.13. The minimum atomic E-state index is -0.131. The van der Waals surface area contributed by atoms with E-state index in [-0.39, 0.29) is 18.8 Å². The monoisotopic (exact) mass is 222 g/mol. The number of Topliss-reactive ketones (excluding diaryl/α,β-unsaturated/α-hetero) is 1. The topological polar surface area (TPSA) is 46.5 Å². The molecule has 3 nitrogen and oxygen atoms in total. The van der Waals surface area contributed by atoms with E-state index in [9.17, 15) is 4.79 Å². The Bertz CT molecular complexity index is 369. The van der Waals surface area contributed by atoms with Crippen LogP contribution in [-0.2, 0) is 0 Å². The van der Waals surface area contributed by atoms with Gasteiger partial charge < -0.3 is 9.84 Å². The molecule has 0 fully saturated rings. The predicted octanol–water partition coefficient (Wildman–Crippen LogP) is 2.38. The molecule has 1 aromatic rings. The summed E-state index contributed by atoms with van der Waals surface area (Å²) in [6, 6.07) is 5.58. The van der Waals surface area contributed by atoms with Gasteiger partial charge in [0.2, 0.25) is 0 Å². The quantitative estimate of drug-likeness (QED) is 0.778. The Morgan fingerprint density at radius 3 is 2.62 bits per heavy atom. The molecule has 0 aliphatic heterocycles. The van der Waals surface area contributed by atoms with Gasteiger partial charge in [0.25, 0.3) is 0 Å². The number of rotatable bonds is 5. The van der Waals surface area contributed by atoms with Crippen molar-refractivity contribution in [2.75, 3.05) is 13.7 Å². The number of ether oxygens (including phenoxy) is 1. The smallest absolute Gasteiger partial charge is 0.168 e. The Balaban J connectivity index is 3.06. The molecule has 0 aliphatic carbocycles. The summed E-state index contributed by atoms with van der Waals surface area (Å²) in [5, 5.41) is 8.74. The summed E-state index contributed by atoms with van der Waals surface area (Å²) in [5.74, 6) is 0.898. The highest BCUT2D eigenvalue weighted by molar-refractivity contribution is 5.98. The molecule has 1 rings (SSSR count). The van der Waals surface area contributed by atoms with Gasteiger partial charge in [-0.1, -0.05) is 19.9 Å². The largest absolute Gasteiger partial charge is 0.496 e. The van der Waals surface area contributed by atoms with Crippen molar-refractivity contribution in [2.24, 2.45) is 0 Å². The van der Waals surface area contributed by atoms with Crippen molar-refractivity contribution >= 4 is 5.78 Å². The van der Waals surface area contributed by atoms with E-state index in [4.69, 9.17) is 9.84 Å².